The molecule has 14 heavy (non-hydrogen) atoms. The van der Waals surface area contributed by atoms with Gasteiger partial charge in [-0.3, -0.25) is 10.1 Å². The molecule has 1 aromatic rings. The van der Waals surface area contributed by atoms with Gasteiger partial charge >= 0.3 is 0 Å². The van der Waals surface area contributed by atoms with Gasteiger partial charge in [0, 0.05) is 6.20 Å². The monoisotopic (exact) mass is 196 g/mol. The van der Waals surface area contributed by atoms with E-state index in [2.05, 4.69) is 10.4 Å². The van der Waals surface area contributed by atoms with Crippen LogP contribution in [0, 0.1) is 0 Å². The summed E-state index contributed by atoms with van der Waals surface area (Å²) in [5.74, 6) is 0.338. The van der Waals surface area contributed by atoms with Gasteiger partial charge in [-0.1, -0.05) is 0 Å². The molecule has 6 nitrogen and oxygen atoms in total. The molecule has 0 spiro atoms. The smallest absolute Gasteiger partial charge is 0.176 e. The number of nitrogens with two attached hydrogens (primary N) is 1. The molecule has 2 rings (SSSR count). The van der Waals surface area contributed by atoms with E-state index in [4.69, 9.17) is 10.8 Å². The molecular weight excluding hydrogens is 184 g/mol. The van der Waals surface area contributed by atoms with Crippen molar-refractivity contribution in [3.8, 4) is 0 Å². The fraction of sp³-hybridized carbons (Fsp3) is 0.375. The average molecular weight is 196 g/mol. The Hall–Kier alpha value is -1.37. The molecule has 5 N–H and O–H groups in total. The molecule has 1 aliphatic heterocycles. The van der Waals surface area contributed by atoms with Gasteiger partial charge in [0.1, 0.15) is 12.4 Å². The average Bonchev–Trinajstić information content (AvgIpc) is 2.66. The van der Waals surface area contributed by atoms with Gasteiger partial charge in [-0.2, -0.15) is 0 Å². The lowest BCUT2D eigenvalue weighted by Gasteiger charge is -2.30. The Balaban J connectivity index is 2.47. The lowest BCUT2D eigenvalue weighted by molar-refractivity contribution is 0.193. The molecule has 0 saturated carbocycles. The van der Waals surface area contributed by atoms with Gasteiger partial charge in [0.05, 0.1) is 12.3 Å². The number of hydrogen-bond donors (Lipinski definition) is 4. The second-order valence-corrected chi connectivity index (χ2v) is 3.17. The van der Waals surface area contributed by atoms with E-state index < -0.39 is 5.66 Å². The largest absolute Gasteiger partial charge is 0.392 e. The van der Waals surface area contributed by atoms with Gasteiger partial charge < -0.3 is 15.9 Å². The maximum absolute atomic E-state index is 9.17. The molecule has 0 aliphatic carbocycles. The second kappa shape index (κ2) is 3.09. The molecular formula is C8H12N4O2. The predicted molar refractivity (Wildman–Crippen MR) is 51.3 cm³/mol. The zero-order chi connectivity index (χ0) is 10.2. The summed E-state index contributed by atoms with van der Waals surface area (Å²) in [6.45, 7) is -0.543. The van der Waals surface area contributed by atoms with E-state index in [1.807, 2.05) is 0 Å². The van der Waals surface area contributed by atoms with Crippen molar-refractivity contribution in [2.75, 3.05) is 18.6 Å². The van der Waals surface area contributed by atoms with E-state index >= 15 is 0 Å². The van der Waals surface area contributed by atoms with E-state index in [1.54, 1.807) is 23.0 Å². The highest BCUT2D eigenvalue weighted by molar-refractivity contribution is 5.91. The van der Waals surface area contributed by atoms with Crippen LogP contribution in [0.4, 0.5) is 0 Å². The summed E-state index contributed by atoms with van der Waals surface area (Å²) in [5.41, 5.74) is 8.22. The third-order valence-electron chi connectivity index (χ3n) is 2.17. The summed E-state index contributed by atoms with van der Waals surface area (Å²) in [6, 6.07) is 3.55. The Morgan fingerprint density at radius 1 is 1.57 bits per heavy atom. The highest BCUT2D eigenvalue weighted by Crippen LogP contribution is 2.22. The maximum atomic E-state index is 9.17. The summed E-state index contributed by atoms with van der Waals surface area (Å²) < 4.78 is 1.63. The minimum Gasteiger partial charge on any atom is -0.392 e. The lowest BCUT2D eigenvalue weighted by Crippen LogP contribution is -2.48. The molecule has 1 unspecified atom stereocenters. The summed E-state index contributed by atoms with van der Waals surface area (Å²) in [4.78, 5) is 4.03. The summed E-state index contributed by atoms with van der Waals surface area (Å²) >= 11 is 0. The van der Waals surface area contributed by atoms with Crippen molar-refractivity contribution in [1.29, 1.82) is 0 Å². The zero-order valence-corrected chi connectivity index (χ0v) is 7.51. The third kappa shape index (κ3) is 1.20. The number of fused-ring (bicyclic) bond motifs is 1. The summed E-state index contributed by atoms with van der Waals surface area (Å²) in [6.07, 6.45) is 1.75. The van der Waals surface area contributed by atoms with Crippen molar-refractivity contribution in [3.63, 3.8) is 0 Å². The van der Waals surface area contributed by atoms with E-state index in [-0.39, 0.29) is 13.2 Å². The molecule has 0 bridgehead atoms. The van der Waals surface area contributed by atoms with Crippen molar-refractivity contribution in [1.82, 2.24) is 4.68 Å². The van der Waals surface area contributed by atoms with Crippen LogP contribution in [0.25, 0.3) is 0 Å². The second-order valence-electron chi connectivity index (χ2n) is 3.17. The number of aliphatic imine (C=N–C) groups is 1. The van der Waals surface area contributed by atoms with Gasteiger partial charge in [-0.25, -0.2) is 4.99 Å². The lowest BCUT2D eigenvalue weighted by atomic mass is 10.1. The highest BCUT2D eigenvalue weighted by Gasteiger charge is 2.32. The standard InChI is InChI=1S/C8H12N4O2/c9-8(5-14)6-2-1-3-12(6)11-7(4-13)10-8/h1-3,13-14H,4-5,9H2,(H,10,11). The number of aliphatic hydroxyl groups is 2. The number of hydrogen-bond acceptors (Lipinski definition) is 5. The molecule has 1 aliphatic rings. The summed E-state index contributed by atoms with van der Waals surface area (Å²) in [7, 11) is 0. The Morgan fingerprint density at radius 3 is 3.00 bits per heavy atom. The molecule has 1 atom stereocenters. The van der Waals surface area contributed by atoms with Crippen LogP contribution in [0.3, 0.4) is 0 Å². The molecule has 0 radical (unpaired) electrons. The Morgan fingerprint density at radius 2 is 2.36 bits per heavy atom. The normalized spacial score (nSPS) is 25.2. The van der Waals surface area contributed by atoms with Crippen LogP contribution in [-0.2, 0) is 5.66 Å². The number of nitrogens with zero attached hydrogens (tertiary/aromatic N) is 2. The van der Waals surface area contributed by atoms with Crippen molar-refractivity contribution >= 4 is 5.84 Å². The molecule has 2 heterocycles. The molecule has 0 aromatic carbocycles. The van der Waals surface area contributed by atoms with Gasteiger partial charge in [-0.05, 0) is 12.1 Å². The highest BCUT2D eigenvalue weighted by atomic mass is 16.3. The van der Waals surface area contributed by atoms with Crippen LogP contribution in [0.5, 0.6) is 0 Å². The third-order valence-corrected chi connectivity index (χ3v) is 2.17. The number of nitrogens with one attached hydrogen (secondary N) is 1. The molecule has 0 saturated heterocycles. The molecule has 76 valence electrons. The van der Waals surface area contributed by atoms with Gasteiger partial charge in [0.15, 0.2) is 5.66 Å². The van der Waals surface area contributed by atoms with Crippen LogP contribution in [0.2, 0.25) is 0 Å². The molecule has 1 aromatic heterocycles. The van der Waals surface area contributed by atoms with Crippen molar-refractivity contribution < 1.29 is 10.2 Å². The fourth-order valence-corrected chi connectivity index (χ4v) is 1.48. The van der Waals surface area contributed by atoms with Crippen LogP contribution in [0.15, 0.2) is 23.3 Å². The van der Waals surface area contributed by atoms with E-state index in [9.17, 15) is 5.11 Å². The van der Waals surface area contributed by atoms with Crippen molar-refractivity contribution in [2.45, 2.75) is 5.66 Å². The SMILES string of the molecule is NC1(CO)N=C(CO)Nn2cccc21. The summed E-state index contributed by atoms with van der Waals surface area (Å²) in [5, 5.41) is 18.1. The van der Waals surface area contributed by atoms with Crippen LogP contribution < -0.4 is 11.2 Å². The zero-order valence-electron chi connectivity index (χ0n) is 7.51. The topological polar surface area (TPSA) is 95.8 Å². The predicted octanol–water partition coefficient (Wildman–Crippen LogP) is -1.46. The molecule has 0 amide bonds. The maximum Gasteiger partial charge on any atom is 0.176 e. The molecule has 6 heteroatoms. The molecule has 0 fully saturated rings. The van der Waals surface area contributed by atoms with Gasteiger partial charge in [-0.15, -0.1) is 0 Å². The number of aromatic nitrogens is 1. The van der Waals surface area contributed by atoms with Crippen molar-refractivity contribution in [3.05, 3.63) is 24.0 Å². The van der Waals surface area contributed by atoms with Gasteiger partial charge in [0.25, 0.3) is 0 Å². The first-order chi connectivity index (χ1) is 6.69. The van der Waals surface area contributed by atoms with E-state index in [1.165, 1.54) is 0 Å². The Bertz CT molecular complexity index is 373. The first-order valence-electron chi connectivity index (χ1n) is 4.24. The van der Waals surface area contributed by atoms with E-state index in [0.717, 1.165) is 0 Å². The van der Waals surface area contributed by atoms with Gasteiger partial charge in [0.2, 0.25) is 0 Å². The quantitative estimate of drug-likeness (QED) is 0.465. The first-order valence-corrected chi connectivity index (χ1v) is 4.24. The van der Waals surface area contributed by atoms with Crippen LogP contribution >= 0.6 is 0 Å². The fourth-order valence-electron chi connectivity index (χ4n) is 1.48. The minimum atomic E-state index is -1.16. The Kier molecular flexibility index (Phi) is 2.03. The number of rotatable bonds is 2. The number of aliphatic hydroxyl groups excluding tert-OH is 2. The first kappa shape index (κ1) is 9.20. The van der Waals surface area contributed by atoms with Crippen LogP contribution in [-0.4, -0.2) is 33.9 Å². The Labute approximate surface area is 80.6 Å². The van der Waals surface area contributed by atoms with E-state index in [0.29, 0.717) is 11.5 Å². The van der Waals surface area contributed by atoms with Crippen LogP contribution in [0.1, 0.15) is 5.69 Å². The minimum absolute atomic E-state index is 0.240. The number of amidine groups is 1. The van der Waals surface area contributed by atoms with Crippen molar-refractivity contribution in [2.24, 2.45) is 10.7 Å².